The summed E-state index contributed by atoms with van der Waals surface area (Å²) in [6.45, 7) is 8.31. The van der Waals surface area contributed by atoms with Crippen molar-refractivity contribution in [2.75, 3.05) is 0 Å². The van der Waals surface area contributed by atoms with Crippen LogP contribution in [0.5, 0.6) is 0 Å². The largest absolute Gasteiger partial charge is 0.441 e. The molecule has 0 unspecified atom stereocenters. The van der Waals surface area contributed by atoms with Crippen LogP contribution in [0.3, 0.4) is 0 Å². The van der Waals surface area contributed by atoms with Crippen molar-refractivity contribution in [3.05, 3.63) is 64.1 Å². The summed E-state index contributed by atoms with van der Waals surface area (Å²) in [6.07, 6.45) is 0.843. The van der Waals surface area contributed by atoms with Crippen LogP contribution >= 0.6 is 23.1 Å². The Bertz CT molecular complexity index is 1360. The number of hydrogen-bond donors (Lipinski definition) is 0. The van der Waals surface area contributed by atoms with Gasteiger partial charge < -0.3 is 4.42 Å². The molecule has 4 heterocycles. The van der Waals surface area contributed by atoms with Crippen LogP contribution in [0, 0.1) is 20.8 Å². The molecule has 0 atom stereocenters. The molecule has 5 aromatic rings. The number of oxazole rings is 1. The Morgan fingerprint density at radius 1 is 1.03 bits per heavy atom. The molecule has 0 saturated heterocycles. The Balaban J connectivity index is 1.47. The van der Waals surface area contributed by atoms with E-state index in [1.807, 2.05) is 30.4 Å². The smallest absolute Gasteiger partial charge is 0.226 e. The zero-order valence-corrected chi connectivity index (χ0v) is 19.0. The Kier molecular flexibility index (Phi) is 4.87. The van der Waals surface area contributed by atoms with Crippen molar-refractivity contribution in [1.29, 1.82) is 0 Å². The molecule has 0 aliphatic rings. The maximum Gasteiger partial charge on any atom is 0.226 e. The summed E-state index contributed by atoms with van der Waals surface area (Å²) < 4.78 is 9.47. The van der Waals surface area contributed by atoms with E-state index in [9.17, 15) is 0 Å². The summed E-state index contributed by atoms with van der Waals surface area (Å²) in [5.41, 5.74) is 5.50. The van der Waals surface area contributed by atoms with Gasteiger partial charge in [0, 0.05) is 22.6 Å². The number of nitrogens with zero attached hydrogens (tertiary/aromatic N) is 4. The van der Waals surface area contributed by atoms with E-state index in [0.717, 1.165) is 39.8 Å². The van der Waals surface area contributed by atoms with Crippen molar-refractivity contribution in [3.63, 3.8) is 0 Å². The van der Waals surface area contributed by atoms with Crippen molar-refractivity contribution in [1.82, 2.24) is 19.6 Å². The van der Waals surface area contributed by atoms with Gasteiger partial charge in [-0.3, -0.25) is 4.40 Å². The van der Waals surface area contributed by atoms with Crippen LogP contribution in [0.15, 0.2) is 45.8 Å². The molecule has 5 rings (SSSR count). The highest BCUT2D eigenvalue weighted by atomic mass is 32.2. The standard InChI is InChI=1S/C23H22N4OS2/c1-5-21-25-26-23(19-11-20-18(27(19)21)10-14(3)30-20)29-12-17-15(4)28-22(24-17)16-8-6-13(2)7-9-16/h6-11H,5,12H2,1-4H3. The fourth-order valence-corrected chi connectivity index (χ4v) is 5.48. The highest BCUT2D eigenvalue weighted by Crippen LogP contribution is 2.34. The third-order valence-electron chi connectivity index (χ3n) is 5.20. The van der Waals surface area contributed by atoms with Gasteiger partial charge in [-0.05, 0) is 45.0 Å². The molecule has 152 valence electrons. The number of hydrogen-bond acceptors (Lipinski definition) is 6. The van der Waals surface area contributed by atoms with Gasteiger partial charge in [0.15, 0.2) is 0 Å². The minimum Gasteiger partial charge on any atom is -0.441 e. The summed E-state index contributed by atoms with van der Waals surface area (Å²) in [7, 11) is 0. The van der Waals surface area contributed by atoms with Crippen LogP contribution < -0.4 is 0 Å². The van der Waals surface area contributed by atoms with Gasteiger partial charge in [0.1, 0.15) is 16.6 Å². The molecule has 4 aromatic heterocycles. The normalized spacial score (nSPS) is 11.7. The maximum absolute atomic E-state index is 5.94. The lowest BCUT2D eigenvalue weighted by Gasteiger charge is -2.06. The minimum atomic E-state index is 0.666. The number of benzene rings is 1. The van der Waals surface area contributed by atoms with Crippen LogP contribution in [-0.4, -0.2) is 19.6 Å². The predicted octanol–water partition coefficient (Wildman–Crippen LogP) is 6.38. The quantitative estimate of drug-likeness (QED) is 0.300. The summed E-state index contributed by atoms with van der Waals surface area (Å²) in [5, 5.41) is 9.96. The molecule has 0 N–H and O–H groups in total. The van der Waals surface area contributed by atoms with Gasteiger partial charge in [-0.25, -0.2) is 4.98 Å². The second-order valence-electron chi connectivity index (χ2n) is 7.42. The van der Waals surface area contributed by atoms with Crippen molar-refractivity contribution < 1.29 is 4.42 Å². The third kappa shape index (κ3) is 3.32. The predicted molar refractivity (Wildman–Crippen MR) is 123 cm³/mol. The van der Waals surface area contributed by atoms with Gasteiger partial charge in [0.2, 0.25) is 5.89 Å². The molecule has 0 amide bonds. The summed E-state index contributed by atoms with van der Waals surface area (Å²) in [4.78, 5) is 6.05. The molecule has 0 radical (unpaired) electrons. The molecular formula is C23H22N4OS2. The molecule has 0 saturated carbocycles. The number of aromatic nitrogens is 4. The first-order chi connectivity index (χ1) is 14.5. The van der Waals surface area contributed by atoms with Crippen molar-refractivity contribution in [2.45, 2.75) is 44.9 Å². The fraction of sp³-hybridized carbons (Fsp3) is 0.261. The molecule has 1 aromatic carbocycles. The second-order valence-corrected chi connectivity index (χ2v) is 9.68. The molecular weight excluding hydrogens is 412 g/mol. The van der Waals surface area contributed by atoms with Crippen LogP contribution in [0.2, 0.25) is 0 Å². The number of rotatable bonds is 5. The first-order valence-corrected chi connectivity index (χ1v) is 11.8. The Morgan fingerprint density at radius 2 is 1.83 bits per heavy atom. The molecule has 0 fully saturated rings. The summed E-state index contributed by atoms with van der Waals surface area (Å²) >= 11 is 3.47. The second kappa shape index (κ2) is 7.56. The topological polar surface area (TPSA) is 56.2 Å². The summed E-state index contributed by atoms with van der Waals surface area (Å²) in [5.74, 6) is 3.19. The van der Waals surface area contributed by atoms with Crippen LogP contribution in [0.4, 0.5) is 0 Å². The van der Waals surface area contributed by atoms with E-state index in [0.29, 0.717) is 11.6 Å². The van der Waals surface area contributed by atoms with Crippen molar-refractivity contribution in [3.8, 4) is 11.5 Å². The highest BCUT2D eigenvalue weighted by molar-refractivity contribution is 7.98. The van der Waals surface area contributed by atoms with Crippen LogP contribution in [0.1, 0.15) is 34.6 Å². The van der Waals surface area contributed by atoms with E-state index >= 15 is 0 Å². The number of aryl methyl sites for hydroxylation is 4. The van der Waals surface area contributed by atoms with E-state index in [4.69, 9.17) is 9.40 Å². The monoisotopic (exact) mass is 434 g/mol. The zero-order chi connectivity index (χ0) is 20.8. The zero-order valence-electron chi connectivity index (χ0n) is 17.4. The van der Waals surface area contributed by atoms with Crippen LogP contribution in [0.25, 0.3) is 27.2 Å². The highest BCUT2D eigenvalue weighted by Gasteiger charge is 2.17. The summed E-state index contributed by atoms with van der Waals surface area (Å²) in [6, 6.07) is 12.7. The number of thioether (sulfide) groups is 1. The average Bonchev–Trinajstić information content (AvgIpc) is 3.39. The van der Waals surface area contributed by atoms with E-state index in [-0.39, 0.29) is 0 Å². The molecule has 7 heteroatoms. The fourth-order valence-electron chi connectivity index (χ4n) is 3.60. The first-order valence-electron chi connectivity index (χ1n) is 9.96. The third-order valence-corrected chi connectivity index (χ3v) is 7.17. The van der Waals surface area contributed by atoms with Crippen molar-refractivity contribution >= 4 is 38.8 Å². The average molecular weight is 435 g/mol. The van der Waals surface area contributed by atoms with E-state index in [2.05, 4.69) is 59.6 Å². The molecule has 0 aliphatic heterocycles. The lowest BCUT2D eigenvalue weighted by atomic mass is 10.1. The number of thiophene rings is 1. The molecule has 30 heavy (non-hydrogen) atoms. The van der Waals surface area contributed by atoms with E-state index in [1.54, 1.807) is 11.8 Å². The van der Waals surface area contributed by atoms with Gasteiger partial charge in [-0.15, -0.1) is 21.5 Å². The van der Waals surface area contributed by atoms with Gasteiger partial charge in [-0.2, -0.15) is 0 Å². The first kappa shape index (κ1) is 19.3. The number of fused-ring (bicyclic) bond motifs is 3. The van der Waals surface area contributed by atoms with Crippen LogP contribution in [-0.2, 0) is 12.2 Å². The lowest BCUT2D eigenvalue weighted by Crippen LogP contribution is -2.03. The Morgan fingerprint density at radius 3 is 2.60 bits per heavy atom. The maximum atomic E-state index is 5.94. The Hall–Kier alpha value is -2.64. The van der Waals surface area contributed by atoms with Gasteiger partial charge >= 0.3 is 0 Å². The minimum absolute atomic E-state index is 0.666. The molecule has 0 aliphatic carbocycles. The molecule has 0 spiro atoms. The van der Waals surface area contributed by atoms with Crippen molar-refractivity contribution in [2.24, 2.45) is 0 Å². The van der Waals surface area contributed by atoms with Gasteiger partial charge in [0.25, 0.3) is 0 Å². The molecule has 5 nitrogen and oxygen atoms in total. The SMILES string of the molecule is CCc1nnc(SCc2nc(-c3ccc(C)cc3)oc2C)c2cc3sc(C)cc3n12. The Labute approximate surface area is 183 Å². The van der Waals surface area contributed by atoms with E-state index < -0.39 is 0 Å². The lowest BCUT2D eigenvalue weighted by molar-refractivity contribution is 0.540. The van der Waals surface area contributed by atoms with E-state index in [1.165, 1.54) is 20.7 Å². The van der Waals surface area contributed by atoms with Gasteiger partial charge in [-0.1, -0.05) is 36.4 Å². The molecule has 0 bridgehead atoms. The van der Waals surface area contributed by atoms with Gasteiger partial charge in [0.05, 0.1) is 21.4 Å².